The fraction of sp³-hybridized carbons (Fsp3) is 0.812. The molecule has 6 heteroatoms. The van der Waals surface area contributed by atoms with Crippen LogP contribution in [0.4, 0.5) is 0 Å². The number of hydrogen-bond acceptors (Lipinski definition) is 4. The van der Waals surface area contributed by atoms with Crippen molar-refractivity contribution in [1.82, 2.24) is 24.6 Å². The predicted molar refractivity (Wildman–Crippen MR) is 86.1 cm³/mol. The molecule has 0 aliphatic carbocycles. The molecule has 22 heavy (non-hydrogen) atoms. The van der Waals surface area contributed by atoms with Crippen LogP contribution in [0.15, 0.2) is 6.33 Å². The molecule has 1 aliphatic rings. The summed E-state index contributed by atoms with van der Waals surface area (Å²) in [5.74, 6) is 1.85. The van der Waals surface area contributed by atoms with E-state index in [1.165, 1.54) is 0 Å². The van der Waals surface area contributed by atoms with E-state index in [2.05, 4.69) is 15.0 Å². The second kappa shape index (κ2) is 6.77. The highest BCUT2D eigenvalue weighted by molar-refractivity contribution is 5.81. The Hall–Kier alpha value is -1.43. The first-order valence-corrected chi connectivity index (χ1v) is 8.08. The van der Waals surface area contributed by atoms with Crippen LogP contribution in [0.2, 0.25) is 0 Å². The monoisotopic (exact) mass is 307 g/mol. The Morgan fingerprint density at radius 3 is 2.50 bits per heavy atom. The minimum atomic E-state index is -0.291. The molecule has 6 nitrogen and oxygen atoms in total. The van der Waals surface area contributed by atoms with Crippen LogP contribution in [0.5, 0.6) is 0 Å². The van der Waals surface area contributed by atoms with Gasteiger partial charge in [0, 0.05) is 26.1 Å². The number of piperidine rings is 1. The number of amides is 1. The molecule has 1 saturated heterocycles. The Labute approximate surface area is 133 Å². The van der Waals surface area contributed by atoms with Gasteiger partial charge in [-0.1, -0.05) is 20.8 Å². The lowest BCUT2D eigenvalue weighted by Crippen LogP contribution is -2.42. The highest BCUT2D eigenvalue weighted by Crippen LogP contribution is 2.22. The number of likely N-dealkylation sites (tertiary alicyclic amines) is 1. The molecular weight excluding hydrogens is 278 g/mol. The summed E-state index contributed by atoms with van der Waals surface area (Å²) >= 11 is 0. The van der Waals surface area contributed by atoms with E-state index in [0.29, 0.717) is 5.92 Å². The molecule has 0 unspecified atom stereocenters. The maximum absolute atomic E-state index is 12.2. The summed E-state index contributed by atoms with van der Waals surface area (Å²) in [4.78, 5) is 20.9. The lowest BCUT2D eigenvalue weighted by molar-refractivity contribution is -0.138. The van der Waals surface area contributed by atoms with Gasteiger partial charge in [-0.05, 0) is 31.8 Å². The number of rotatable bonds is 4. The van der Waals surface area contributed by atoms with Gasteiger partial charge in [0.15, 0.2) is 0 Å². The minimum absolute atomic E-state index is 0.231. The SMILES string of the molecule is CN(CC1CCN(Cc2ncnn2C)CC1)C(=O)C(C)(C)C. The van der Waals surface area contributed by atoms with Gasteiger partial charge in [0.25, 0.3) is 0 Å². The molecule has 2 heterocycles. The Morgan fingerprint density at radius 2 is 2.00 bits per heavy atom. The zero-order valence-electron chi connectivity index (χ0n) is 14.5. The first-order valence-electron chi connectivity index (χ1n) is 8.08. The molecular formula is C16H29N5O. The first kappa shape index (κ1) is 16.9. The van der Waals surface area contributed by atoms with E-state index in [9.17, 15) is 4.79 Å². The van der Waals surface area contributed by atoms with E-state index in [-0.39, 0.29) is 11.3 Å². The maximum Gasteiger partial charge on any atom is 0.227 e. The van der Waals surface area contributed by atoms with Gasteiger partial charge in [0.1, 0.15) is 12.2 Å². The van der Waals surface area contributed by atoms with Crippen molar-refractivity contribution in [2.45, 2.75) is 40.2 Å². The van der Waals surface area contributed by atoms with Gasteiger partial charge < -0.3 is 4.90 Å². The molecule has 1 aromatic rings. The normalized spacial score (nSPS) is 17.7. The number of hydrogen-bond donors (Lipinski definition) is 0. The van der Waals surface area contributed by atoms with Crippen LogP contribution in [-0.4, -0.2) is 57.2 Å². The summed E-state index contributed by atoms with van der Waals surface area (Å²) in [6.45, 7) is 9.80. The van der Waals surface area contributed by atoms with Crippen molar-refractivity contribution >= 4 is 5.91 Å². The van der Waals surface area contributed by atoms with E-state index >= 15 is 0 Å². The van der Waals surface area contributed by atoms with Crippen molar-refractivity contribution in [1.29, 1.82) is 0 Å². The van der Waals surface area contributed by atoms with Gasteiger partial charge in [-0.3, -0.25) is 14.4 Å². The zero-order chi connectivity index (χ0) is 16.3. The Bertz CT molecular complexity index is 497. The second-order valence-corrected chi connectivity index (χ2v) is 7.46. The smallest absolute Gasteiger partial charge is 0.227 e. The van der Waals surface area contributed by atoms with Crippen molar-refractivity contribution in [2.24, 2.45) is 18.4 Å². The third-order valence-electron chi connectivity index (χ3n) is 4.40. The number of carbonyl (C=O) groups excluding carboxylic acids is 1. The van der Waals surface area contributed by atoms with Crippen LogP contribution < -0.4 is 0 Å². The molecule has 1 aliphatic heterocycles. The minimum Gasteiger partial charge on any atom is -0.345 e. The molecule has 0 radical (unpaired) electrons. The fourth-order valence-electron chi connectivity index (χ4n) is 3.03. The summed E-state index contributed by atoms with van der Waals surface area (Å²) in [5, 5.41) is 4.11. The van der Waals surface area contributed by atoms with Crippen LogP contribution in [0, 0.1) is 11.3 Å². The van der Waals surface area contributed by atoms with Crippen molar-refractivity contribution in [3.05, 3.63) is 12.2 Å². The highest BCUT2D eigenvalue weighted by Gasteiger charge is 2.28. The van der Waals surface area contributed by atoms with Crippen LogP contribution in [0.25, 0.3) is 0 Å². The van der Waals surface area contributed by atoms with Crippen LogP contribution >= 0.6 is 0 Å². The zero-order valence-corrected chi connectivity index (χ0v) is 14.5. The van der Waals surface area contributed by atoms with Gasteiger partial charge >= 0.3 is 0 Å². The van der Waals surface area contributed by atoms with Crippen molar-refractivity contribution in [2.75, 3.05) is 26.7 Å². The van der Waals surface area contributed by atoms with Gasteiger partial charge in [-0.25, -0.2) is 4.98 Å². The molecule has 0 saturated carbocycles. The standard InChI is InChI=1S/C16H29N5O/c1-16(2,3)15(22)19(4)10-13-6-8-21(9-7-13)11-14-17-12-18-20(14)5/h12-13H,6-11H2,1-5H3. The quantitative estimate of drug-likeness (QED) is 0.846. The summed E-state index contributed by atoms with van der Waals surface area (Å²) in [6.07, 6.45) is 3.88. The maximum atomic E-state index is 12.2. The number of carbonyl (C=O) groups is 1. The summed E-state index contributed by atoms with van der Waals surface area (Å²) in [7, 11) is 3.86. The molecule has 124 valence electrons. The van der Waals surface area contributed by atoms with Crippen LogP contribution in [0.1, 0.15) is 39.4 Å². The number of aromatic nitrogens is 3. The lowest BCUT2D eigenvalue weighted by Gasteiger charge is -2.35. The summed E-state index contributed by atoms with van der Waals surface area (Å²) in [5.41, 5.74) is -0.291. The van der Waals surface area contributed by atoms with Gasteiger partial charge in [0.05, 0.1) is 6.54 Å². The largest absolute Gasteiger partial charge is 0.345 e. The second-order valence-electron chi connectivity index (χ2n) is 7.46. The molecule has 0 atom stereocenters. The number of nitrogens with zero attached hydrogens (tertiary/aromatic N) is 5. The Morgan fingerprint density at radius 1 is 1.36 bits per heavy atom. The molecule has 1 fully saturated rings. The van der Waals surface area contributed by atoms with Crippen LogP contribution in [0.3, 0.4) is 0 Å². The highest BCUT2D eigenvalue weighted by atomic mass is 16.2. The van der Waals surface area contributed by atoms with E-state index in [1.54, 1.807) is 6.33 Å². The Kier molecular flexibility index (Phi) is 5.21. The molecule has 0 N–H and O–H groups in total. The average Bonchev–Trinajstić information content (AvgIpc) is 2.84. The fourth-order valence-corrected chi connectivity index (χ4v) is 3.03. The first-order chi connectivity index (χ1) is 10.3. The Balaban J connectivity index is 1.78. The number of aryl methyl sites for hydroxylation is 1. The average molecular weight is 307 g/mol. The topological polar surface area (TPSA) is 54.3 Å². The molecule has 1 aromatic heterocycles. The van der Waals surface area contributed by atoms with Crippen molar-refractivity contribution in [3.63, 3.8) is 0 Å². The molecule has 2 rings (SSSR count). The molecule has 0 bridgehead atoms. The van der Waals surface area contributed by atoms with E-state index < -0.39 is 0 Å². The van der Waals surface area contributed by atoms with Crippen molar-refractivity contribution < 1.29 is 4.79 Å². The van der Waals surface area contributed by atoms with Crippen LogP contribution in [-0.2, 0) is 18.4 Å². The molecule has 0 aromatic carbocycles. The third kappa shape index (κ3) is 4.29. The predicted octanol–water partition coefficient (Wildman–Crippen LogP) is 1.53. The summed E-state index contributed by atoms with van der Waals surface area (Å²) in [6, 6.07) is 0. The lowest BCUT2D eigenvalue weighted by atomic mass is 9.92. The van der Waals surface area contributed by atoms with Crippen molar-refractivity contribution in [3.8, 4) is 0 Å². The van der Waals surface area contributed by atoms with Gasteiger partial charge in [-0.15, -0.1) is 0 Å². The van der Waals surface area contributed by atoms with E-state index in [0.717, 1.165) is 44.8 Å². The van der Waals surface area contributed by atoms with E-state index in [4.69, 9.17) is 0 Å². The third-order valence-corrected chi connectivity index (χ3v) is 4.40. The summed E-state index contributed by atoms with van der Waals surface area (Å²) < 4.78 is 1.84. The van der Waals surface area contributed by atoms with Gasteiger partial charge in [-0.2, -0.15) is 5.10 Å². The van der Waals surface area contributed by atoms with E-state index in [1.807, 2.05) is 44.4 Å². The molecule has 1 amide bonds. The van der Waals surface area contributed by atoms with Gasteiger partial charge in [0.2, 0.25) is 5.91 Å². The molecule has 0 spiro atoms.